The van der Waals surface area contributed by atoms with Crippen molar-refractivity contribution in [3.8, 4) is 5.69 Å². The van der Waals surface area contributed by atoms with Crippen LogP contribution in [-0.4, -0.2) is 22.2 Å². The predicted octanol–water partition coefficient (Wildman–Crippen LogP) is 4.26. The molecule has 140 valence electrons. The molecule has 0 aliphatic rings. The van der Waals surface area contributed by atoms with Crippen molar-refractivity contribution in [2.75, 3.05) is 11.9 Å². The number of benzene rings is 2. The first-order valence-corrected chi connectivity index (χ1v) is 8.91. The van der Waals surface area contributed by atoms with Crippen molar-refractivity contribution < 1.29 is 9.18 Å². The number of hydrogen-bond donors (Lipinski definition) is 2. The summed E-state index contributed by atoms with van der Waals surface area (Å²) in [4.78, 5) is 12.4. The molecule has 0 unspecified atom stereocenters. The molecule has 27 heavy (non-hydrogen) atoms. The molecule has 0 aliphatic carbocycles. The van der Waals surface area contributed by atoms with E-state index >= 15 is 0 Å². The molecule has 1 amide bonds. The number of carbonyl (C=O) groups is 1. The highest BCUT2D eigenvalue weighted by molar-refractivity contribution is 6.30. The summed E-state index contributed by atoms with van der Waals surface area (Å²) in [6, 6.07) is 15.2. The second-order valence-electron chi connectivity index (χ2n) is 6.26. The van der Waals surface area contributed by atoms with Gasteiger partial charge >= 0.3 is 0 Å². The van der Waals surface area contributed by atoms with Crippen LogP contribution in [0.1, 0.15) is 24.2 Å². The fourth-order valence-electron chi connectivity index (χ4n) is 2.69. The molecule has 0 bridgehead atoms. The van der Waals surface area contributed by atoms with E-state index in [1.165, 1.54) is 12.1 Å². The summed E-state index contributed by atoms with van der Waals surface area (Å²) < 4.78 is 14.7. The number of rotatable bonds is 6. The van der Waals surface area contributed by atoms with Gasteiger partial charge in [0.25, 0.3) is 0 Å². The van der Waals surface area contributed by atoms with E-state index < -0.39 is 0 Å². The number of carbonyl (C=O) groups excluding carboxylic acids is 1. The van der Waals surface area contributed by atoms with Gasteiger partial charge in [0.2, 0.25) is 5.91 Å². The summed E-state index contributed by atoms with van der Waals surface area (Å²) in [7, 11) is 0. The molecule has 0 spiro atoms. The van der Waals surface area contributed by atoms with Crippen molar-refractivity contribution in [3.05, 3.63) is 76.7 Å². The number of nitrogens with zero attached hydrogens (tertiary/aromatic N) is 2. The number of nitrogens with one attached hydrogen (secondary N) is 2. The third kappa shape index (κ3) is 4.93. The Bertz CT molecular complexity index is 939. The van der Waals surface area contributed by atoms with Gasteiger partial charge in [-0.1, -0.05) is 23.7 Å². The maximum absolute atomic E-state index is 13.1. The monoisotopic (exact) mass is 386 g/mol. The lowest BCUT2D eigenvalue weighted by atomic mass is 10.1. The molecule has 0 saturated carbocycles. The van der Waals surface area contributed by atoms with Crippen LogP contribution in [0, 0.1) is 12.7 Å². The van der Waals surface area contributed by atoms with Crippen LogP contribution < -0.4 is 10.6 Å². The number of anilines is 1. The third-order valence-corrected chi connectivity index (χ3v) is 4.32. The minimum absolute atomic E-state index is 0.0294. The van der Waals surface area contributed by atoms with Crippen molar-refractivity contribution in [2.24, 2.45) is 0 Å². The molecule has 1 atom stereocenters. The average molecular weight is 387 g/mol. The maximum atomic E-state index is 13.1. The zero-order valence-corrected chi connectivity index (χ0v) is 15.8. The van der Waals surface area contributed by atoms with Gasteiger partial charge in [-0.25, -0.2) is 9.07 Å². The standard InChI is InChI=1S/C20H20ClFN4O/c1-13-10-19(26(25-13)18-8-6-17(22)7-9-18)24-20(27)12-23-14(2)15-4-3-5-16(21)11-15/h3-11,14,23H,12H2,1-2H3,(H,24,27)/t14-/m1/s1. The zero-order valence-electron chi connectivity index (χ0n) is 15.0. The Labute approximate surface area is 162 Å². The first kappa shape index (κ1) is 19.1. The third-order valence-electron chi connectivity index (χ3n) is 4.09. The highest BCUT2D eigenvalue weighted by atomic mass is 35.5. The van der Waals surface area contributed by atoms with E-state index in [1.54, 1.807) is 22.9 Å². The normalized spacial score (nSPS) is 12.0. The van der Waals surface area contributed by atoms with Crippen LogP contribution in [0.4, 0.5) is 10.2 Å². The molecule has 0 radical (unpaired) electrons. The van der Waals surface area contributed by atoms with Crippen LogP contribution in [-0.2, 0) is 4.79 Å². The van der Waals surface area contributed by atoms with E-state index in [1.807, 2.05) is 38.1 Å². The van der Waals surface area contributed by atoms with E-state index in [0.717, 1.165) is 11.3 Å². The van der Waals surface area contributed by atoms with Crippen LogP contribution in [0.2, 0.25) is 5.02 Å². The van der Waals surface area contributed by atoms with E-state index in [9.17, 15) is 9.18 Å². The molecule has 0 fully saturated rings. The fourth-order valence-corrected chi connectivity index (χ4v) is 2.89. The van der Waals surface area contributed by atoms with Crippen molar-refractivity contribution in [1.29, 1.82) is 0 Å². The molecule has 2 N–H and O–H groups in total. The van der Waals surface area contributed by atoms with Gasteiger partial charge in [-0.15, -0.1) is 0 Å². The van der Waals surface area contributed by atoms with Gasteiger partial charge in [-0.2, -0.15) is 5.10 Å². The molecular formula is C20H20ClFN4O. The minimum Gasteiger partial charge on any atom is -0.309 e. The Morgan fingerprint density at radius 2 is 1.96 bits per heavy atom. The van der Waals surface area contributed by atoms with E-state index in [-0.39, 0.29) is 24.3 Å². The number of aryl methyl sites for hydroxylation is 1. The molecule has 0 aliphatic heterocycles. The smallest absolute Gasteiger partial charge is 0.239 e. The quantitative estimate of drug-likeness (QED) is 0.665. The molecule has 3 aromatic rings. The topological polar surface area (TPSA) is 59.0 Å². The SMILES string of the molecule is Cc1cc(NC(=O)CN[C@H](C)c2cccc(Cl)c2)n(-c2ccc(F)cc2)n1. The molecule has 2 aromatic carbocycles. The summed E-state index contributed by atoms with van der Waals surface area (Å²) in [5, 5.41) is 11.0. The van der Waals surface area contributed by atoms with Gasteiger partial charge in [-0.05, 0) is 55.8 Å². The lowest BCUT2D eigenvalue weighted by Crippen LogP contribution is -2.30. The molecule has 7 heteroatoms. The van der Waals surface area contributed by atoms with E-state index in [2.05, 4.69) is 15.7 Å². The summed E-state index contributed by atoms with van der Waals surface area (Å²) in [6.45, 7) is 3.92. The Morgan fingerprint density at radius 3 is 2.67 bits per heavy atom. The highest BCUT2D eigenvalue weighted by Crippen LogP contribution is 2.19. The van der Waals surface area contributed by atoms with Crippen LogP contribution in [0.25, 0.3) is 5.69 Å². The summed E-state index contributed by atoms with van der Waals surface area (Å²) in [5.41, 5.74) is 2.41. The second-order valence-corrected chi connectivity index (χ2v) is 6.70. The number of aromatic nitrogens is 2. The minimum atomic E-state index is -0.326. The first-order chi connectivity index (χ1) is 12.9. The molecule has 5 nitrogen and oxygen atoms in total. The molecule has 3 rings (SSSR count). The van der Waals surface area contributed by atoms with Crippen LogP contribution in [0.15, 0.2) is 54.6 Å². The van der Waals surface area contributed by atoms with Crippen molar-refractivity contribution in [1.82, 2.24) is 15.1 Å². The zero-order chi connectivity index (χ0) is 19.4. The maximum Gasteiger partial charge on any atom is 0.239 e. The number of halogens is 2. The Kier molecular flexibility index (Phi) is 5.88. The number of amides is 1. The van der Waals surface area contributed by atoms with Crippen LogP contribution in [0.5, 0.6) is 0 Å². The van der Waals surface area contributed by atoms with Crippen molar-refractivity contribution in [3.63, 3.8) is 0 Å². The van der Waals surface area contributed by atoms with Crippen molar-refractivity contribution in [2.45, 2.75) is 19.9 Å². The van der Waals surface area contributed by atoms with Gasteiger partial charge in [0.15, 0.2) is 0 Å². The summed E-state index contributed by atoms with van der Waals surface area (Å²) in [5.74, 6) is 0.000808. The van der Waals surface area contributed by atoms with Gasteiger partial charge in [0, 0.05) is 17.1 Å². The van der Waals surface area contributed by atoms with E-state index in [4.69, 9.17) is 11.6 Å². The summed E-state index contributed by atoms with van der Waals surface area (Å²) >= 11 is 6.01. The lowest BCUT2D eigenvalue weighted by molar-refractivity contribution is -0.115. The lowest BCUT2D eigenvalue weighted by Gasteiger charge is -2.15. The first-order valence-electron chi connectivity index (χ1n) is 8.53. The fraction of sp³-hybridized carbons (Fsp3) is 0.200. The average Bonchev–Trinajstić information content (AvgIpc) is 3.00. The molecule has 0 saturated heterocycles. The molecular weight excluding hydrogens is 367 g/mol. The Balaban J connectivity index is 1.65. The van der Waals surface area contributed by atoms with Crippen LogP contribution in [0.3, 0.4) is 0 Å². The van der Waals surface area contributed by atoms with Gasteiger partial charge in [0.1, 0.15) is 11.6 Å². The largest absolute Gasteiger partial charge is 0.309 e. The second kappa shape index (κ2) is 8.33. The number of hydrogen-bond acceptors (Lipinski definition) is 3. The van der Waals surface area contributed by atoms with Gasteiger partial charge in [-0.3, -0.25) is 4.79 Å². The van der Waals surface area contributed by atoms with Gasteiger partial charge < -0.3 is 10.6 Å². The van der Waals surface area contributed by atoms with Crippen LogP contribution >= 0.6 is 11.6 Å². The van der Waals surface area contributed by atoms with Gasteiger partial charge in [0.05, 0.1) is 17.9 Å². The molecule has 1 heterocycles. The van der Waals surface area contributed by atoms with Crippen molar-refractivity contribution >= 4 is 23.3 Å². The van der Waals surface area contributed by atoms with E-state index in [0.29, 0.717) is 16.5 Å². The predicted molar refractivity (Wildman–Crippen MR) is 105 cm³/mol. The Hall–Kier alpha value is -2.70. The highest BCUT2D eigenvalue weighted by Gasteiger charge is 2.13. The molecule has 1 aromatic heterocycles. The Morgan fingerprint density at radius 1 is 1.22 bits per heavy atom. The summed E-state index contributed by atoms with van der Waals surface area (Å²) in [6.07, 6.45) is 0.